The molecule has 0 unspecified atom stereocenters. The molecule has 4 nitrogen and oxygen atoms in total. The molecular formula is C21H32O4. The van der Waals surface area contributed by atoms with Crippen molar-refractivity contribution in [2.75, 3.05) is 14.2 Å². The first kappa shape index (κ1) is 19.8. The molecule has 1 aliphatic carbocycles. The number of ether oxygens (including phenoxy) is 3. The van der Waals surface area contributed by atoms with E-state index in [9.17, 15) is 4.79 Å². The van der Waals surface area contributed by atoms with Crippen LogP contribution in [-0.4, -0.2) is 26.3 Å². The molecule has 0 aromatic heterocycles. The smallest absolute Gasteiger partial charge is 0.343 e. The SMILES string of the molecule is COc1ccccc1[C@@](C)(OC)C(=O)O[C@@H]1C[C@H](C)CC[C@H]1C(C)C. The lowest BCUT2D eigenvalue weighted by Crippen LogP contribution is -2.43. The number of esters is 1. The number of carbonyl (C=O) groups is 1. The molecule has 1 saturated carbocycles. The van der Waals surface area contributed by atoms with Crippen LogP contribution in [0.2, 0.25) is 0 Å². The molecule has 140 valence electrons. The van der Waals surface area contributed by atoms with Gasteiger partial charge in [-0.1, -0.05) is 45.4 Å². The highest BCUT2D eigenvalue weighted by Gasteiger charge is 2.43. The van der Waals surface area contributed by atoms with Crippen molar-refractivity contribution in [1.29, 1.82) is 0 Å². The molecule has 2 rings (SSSR count). The Bertz CT molecular complexity index is 583. The third kappa shape index (κ3) is 4.17. The van der Waals surface area contributed by atoms with E-state index >= 15 is 0 Å². The lowest BCUT2D eigenvalue weighted by Gasteiger charge is -2.38. The average molecular weight is 348 g/mol. The standard InChI is InChI=1S/C21H32O4/c1-14(2)16-12-11-15(3)13-19(16)25-20(22)21(4,24-6)17-9-7-8-10-18(17)23-5/h7-10,14-16,19H,11-13H2,1-6H3/t15-,16+,19-,21-/m1/s1. The van der Waals surface area contributed by atoms with E-state index in [4.69, 9.17) is 14.2 Å². The maximum atomic E-state index is 13.1. The maximum absolute atomic E-state index is 13.1. The van der Waals surface area contributed by atoms with Crippen LogP contribution in [-0.2, 0) is 19.9 Å². The van der Waals surface area contributed by atoms with Gasteiger partial charge in [0.2, 0.25) is 0 Å². The second-order valence-electron chi connectivity index (χ2n) is 7.71. The molecule has 0 saturated heterocycles. The first-order chi connectivity index (χ1) is 11.8. The van der Waals surface area contributed by atoms with Crippen LogP contribution in [0.1, 0.15) is 52.5 Å². The molecule has 25 heavy (non-hydrogen) atoms. The van der Waals surface area contributed by atoms with E-state index in [0.29, 0.717) is 29.1 Å². The quantitative estimate of drug-likeness (QED) is 0.707. The molecular weight excluding hydrogens is 316 g/mol. The number of hydrogen-bond donors (Lipinski definition) is 0. The van der Waals surface area contributed by atoms with Crippen molar-refractivity contribution < 1.29 is 19.0 Å². The minimum atomic E-state index is -1.19. The Morgan fingerprint density at radius 3 is 2.48 bits per heavy atom. The summed E-state index contributed by atoms with van der Waals surface area (Å²) in [7, 11) is 3.13. The predicted molar refractivity (Wildman–Crippen MR) is 98.6 cm³/mol. The fourth-order valence-electron chi connectivity index (χ4n) is 3.84. The van der Waals surface area contributed by atoms with Gasteiger partial charge in [-0.25, -0.2) is 4.79 Å². The van der Waals surface area contributed by atoms with E-state index in [1.165, 1.54) is 13.5 Å². The Labute approximate surface area is 151 Å². The average Bonchev–Trinajstić information content (AvgIpc) is 2.60. The summed E-state index contributed by atoms with van der Waals surface area (Å²) < 4.78 is 17.1. The van der Waals surface area contributed by atoms with E-state index in [1.807, 2.05) is 24.3 Å². The molecule has 1 aromatic carbocycles. The Balaban J connectivity index is 2.26. The van der Waals surface area contributed by atoms with Crippen LogP contribution in [0.4, 0.5) is 0 Å². The molecule has 0 bridgehead atoms. The molecule has 0 aliphatic heterocycles. The van der Waals surface area contributed by atoms with Crippen molar-refractivity contribution in [2.45, 2.75) is 58.7 Å². The summed E-state index contributed by atoms with van der Waals surface area (Å²) in [5.41, 5.74) is -0.496. The molecule has 1 aliphatic rings. The summed E-state index contributed by atoms with van der Waals surface area (Å²) in [5.74, 6) is 1.75. The van der Waals surface area contributed by atoms with E-state index < -0.39 is 5.60 Å². The fraction of sp³-hybridized carbons (Fsp3) is 0.667. The van der Waals surface area contributed by atoms with Crippen molar-refractivity contribution in [3.63, 3.8) is 0 Å². The topological polar surface area (TPSA) is 44.8 Å². The first-order valence-electron chi connectivity index (χ1n) is 9.23. The van der Waals surface area contributed by atoms with Gasteiger partial charge in [-0.05, 0) is 43.6 Å². The number of rotatable bonds is 6. The third-order valence-corrected chi connectivity index (χ3v) is 5.64. The largest absolute Gasteiger partial charge is 0.496 e. The van der Waals surface area contributed by atoms with E-state index in [-0.39, 0.29) is 12.1 Å². The molecule has 1 aromatic rings. The maximum Gasteiger partial charge on any atom is 0.343 e. The summed E-state index contributed by atoms with van der Waals surface area (Å²) in [6, 6.07) is 7.44. The normalized spacial score (nSPS) is 26.1. The minimum Gasteiger partial charge on any atom is -0.496 e. The third-order valence-electron chi connectivity index (χ3n) is 5.64. The van der Waals surface area contributed by atoms with Crippen molar-refractivity contribution in [1.82, 2.24) is 0 Å². The molecule has 0 spiro atoms. The number of benzene rings is 1. The van der Waals surface area contributed by atoms with Crippen LogP contribution in [0, 0.1) is 17.8 Å². The van der Waals surface area contributed by atoms with Gasteiger partial charge >= 0.3 is 5.97 Å². The van der Waals surface area contributed by atoms with Gasteiger partial charge in [-0.3, -0.25) is 0 Å². The molecule has 4 heteroatoms. The number of carbonyl (C=O) groups excluding carboxylic acids is 1. The minimum absolute atomic E-state index is 0.0552. The Morgan fingerprint density at radius 2 is 1.88 bits per heavy atom. The van der Waals surface area contributed by atoms with Crippen LogP contribution >= 0.6 is 0 Å². The zero-order chi connectivity index (χ0) is 18.6. The van der Waals surface area contributed by atoms with Crippen molar-refractivity contribution in [3.05, 3.63) is 29.8 Å². The first-order valence-corrected chi connectivity index (χ1v) is 9.23. The van der Waals surface area contributed by atoms with Gasteiger partial charge in [0.05, 0.1) is 7.11 Å². The summed E-state index contributed by atoms with van der Waals surface area (Å²) in [6.45, 7) is 8.39. The van der Waals surface area contributed by atoms with Gasteiger partial charge in [0.25, 0.3) is 0 Å². The Kier molecular flexibility index (Phi) is 6.50. The van der Waals surface area contributed by atoms with Crippen LogP contribution in [0.25, 0.3) is 0 Å². The summed E-state index contributed by atoms with van der Waals surface area (Å²) in [4.78, 5) is 13.1. The summed E-state index contributed by atoms with van der Waals surface area (Å²) in [6.07, 6.45) is 3.17. The predicted octanol–water partition coefficient (Wildman–Crippen LogP) is 4.56. The van der Waals surface area contributed by atoms with Crippen LogP contribution in [0.5, 0.6) is 5.75 Å². The molecule has 0 radical (unpaired) electrons. The molecule has 1 fully saturated rings. The zero-order valence-electron chi connectivity index (χ0n) is 16.4. The molecule has 0 heterocycles. The Morgan fingerprint density at radius 1 is 1.20 bits per heavy atom. The lowest BCUT2D eigenvalue weighted by molar-refractivity contribution is -0.180. The summed E-state index contributed by atoms with van der Waals surface area (Å²) >= 11 is 0. The monoisotopic (exact) mass is 348 g/mol. The van der Waals surface area contributed by atoms with Crippen molar-refractivity contribution in [2.24, 2.45) is 17.8 Å². The van der Waals surface area contributed by atoms with E-state index in [0.717, 1.165) is 12.8 Å². The highest BCUT2D eigenvalue weighted by atomic mass is 16.6. The van der Waals surface area contributed by atoms with E-state index in [1.54, 1.807) is 14.0 Å². The molecule has 4 atom stereocenters. The van der Waals surface area contributed by atoms with Gasteiger partial charge in [-0.2, -0.15) is 0 Å². The van der Waals surface area contributed by atoms with Gasteiger partial charge in [0.1, 0.15) is 11.9 Å². The van der Waals surface area contributed by atoms with Gasteiger partial charge in [-0.15, -0.1) is 0 Å². The lowest BCUT2D eigenvalue weighted by atomic mass is 9.75. The second kappa shape index (κ2) is 8.22. The Hall–Kier alpha value is -1.55. The highest BCUT2D eigenvalue weighted by Crippen LogP contribution is 2.38. The number of hydrogen-bond acceptors (Lipinski definition) is 4. The second-order valence-corrected chi connectivity index (χ2v) is 7.71. The fourth-order valence-corrected chi connectivity index (χ4v) is 3.84. The van der Waals surface area contributed by atoms with Crippen LogP contribution < -0.4 is 4.74 Å². The van der Waals surface area contributed by atoms with E-state index in [2.05, 4.69) is 20.8 Å². The van der Waals surface area contributed by atoms with Crippen molar-refractivity contribution >= 4 is 5.97 Å². The van der Waals surface area contributed by atoms with Crippen LogP contribution in [0.3, 0.4) is 0 Å². The van der Waals surface area contributed by atoms with Crippen LogP contribution in [0.15, 0.2) is 24.3 Å². The van der Waals surface area contributed by atoms with Gasteiger partial charge in [0, 0.05) is 12.7 Å². The highest BCUT2D eigenvalue weighted by molar-refractivity contribution is 5.82. The number of methoxy groups -OCH3 is 2. The van der Waals surface area contributed by atoms with Crippen molar-refractivity contribution in [3.8, 4) is 5.75 Å². The molecule has 0 amide bonds. The van der Waals surface area contributed by atoms with Gasteiger partial charge < -0.3 is 14.2 Å². The summed E-state index contributed by atoms with van der Waals surface area (Å²) in [5, 5.41) is 0. The number of para-hydroxylation sites is 1. The zero-order valence-corrected chi connectivity index (χ0v) is 16.4. The molecule has 0 N–H and O–H groups in total. The van der Waals surface area contributed by atoms with Gasteiger partial charge in [0.15, 0.2) is 5.60 Å².